The normalized spacial score (nSPS) is 24.8. The molecule has 3 heterocycles. The lowest BCUT2D eigenvalue weighted by Crippen LogP contribution is -2.51. The molecule has 7 heteroatoms. The van der Waals surface area contributed by atoms with E-state index < -0.39 is 23.4 Å². The van der Waals surface area contributed by atoms with Gasteiger partial charge < -0.3 is 19.7 Å². The molecule has 0 bridgehead atoms. The van der Waals surface area contributed by atoms with Crippen molar-refractivity contribution in [3.63, 3.8) is 0 Å². The Labute approximate surface area is 214 Å². The third kappa shape index (κ3) is 3.03. The van der Waals surface area contributed by atoms with Gasteiger partial charge >= 0.3 is 0 Å². The first-order valence-electron chi connectivity index (χ1n) is 12.2. The molecule has 0 aromatic heterocycles. The summed E-state index contributed by atoms with van der Waals surface area (Å²) in [5.41, 5.74) is 2.19. The standard InChI is InChI=1S/C30H26N2O5/c1-17(33)27-26(28(34)19-12-14-23(36-2)24(16-19)37-3)30(20-9-5-6-10-21(20)31-29(30)35)25-15-13-18-8-4-7-11-22(18)32(25)27/h4-16,25-27H,1-3H3,(H,31,35)/t25-,26-,27-,30+/m0/s1. The maximum absolute atomic E-state index is 14.5. The molecule has 37 heavy (non-hydrogen) atoms. The Morgan fingerprint density at radius 1 is 0.946 bits per heavy atom. The number of anilines is 2. The first-order chi connectivity index (χ1) is 17.9. The highest BCUT2D eigenvalue weighted by Crippen LogP contribution is 2.57. The lowest BCUT2D eigenvalue weighted by atomic mass is 9.64. The lowest BCUT2D eigenvalue weighted by Gasteiger charge is -2.37. The van der Waals surface area contributed by atoms with E-state index >= 15 is 0 Å². The van der Waals surface area contributed by atoms with Crippen LogP contribution in [0.25, 0.3) is 6.08 Å². The van der Waals surface area contributed by atoms with E-state index in [1.165, 1.54) is 21.1 Å². The molecular formula is C30H26N2O5. The second kappa shape index (κ2) is 8.34. The van der Waals surface area contributed by atoms with Crippen molar-refractivity contribution in [3.8, 4) is 11.5 Å². The van der Waals surface area contributed by atoms with Crippen LogP contribution in [0.3, 0.4) is 0 Å². The molecule has 4 atom stereocenters. The number of nitrogens with one attached hydrogen (secondary N) is 1. The Morgan fingerprint density at radius 2 is 1.68 bits per heavy atom. The molecule has 3 aliphatic heterocycles. The fourth-order valence-electron chi connectivity index (χ4n) is 6.44. The van der Waals surface area contributed by atoms with Gasteiger partial charge in [-0.15, -0.1) is 0 Å². The van der Waals surface area contributed by atoms with Crippen LogP contribution in [-0.4, -0.2) is 43.8 Å². The van der Waals surface area contributed by atoms with Gasteiger partial charge in [0.2, 0.25) is 5.91 Å². The summed E-state index contributed by atoms with van der Waals surface area (Å²) in [5, 5.41) is 3.02. The van der Waals surface area contributed by atoms with E-state index in [9.17, 15) is 14.4 Å². The van der Waals surface area contributed by atoms with Crippen LogP contribution in [-0.2, 0) is 15.0 Å². The summed E-state index contributed by atoms with van der Waals surface area (Å²) in [6.07, 6.45) is 3.94. The van der Waals surface area contributed by atoms with Crippen LogP contribution in [0, 0.1) is 5.92 Å². The molecule has 186 valence electrons. The Kier molecular flexibility index (Phi) is 5.19. The molecule has 1 spiro atoms. The number of nitrogens with zero attached hydrogens (tertiary/aromatic N) is 1. The van der Waals surface area contributed by atoms with E-state index in [4.69, 9.17) is 9.47 Å². The minimum absolute atomic E-state index is 0.178. The Bertz CT molecular complexity index is 1490. The third-order valence-corrected chi connectivity index (χ3v) is 7.91. The van der Waals surface area contributed by atoms with Gasteiger partial charge in [-0.05, 0) is 48.4 Å². The van der Waals surface area contributed by atoms with Crippen LogP contribution in [0.1, 0.15) is 28.4 Å². The van der Waals surface area contributed by atoms with Crippen molar-refractivity contribution in [1.82, 2.24) is 0 Å². The summed E-state index contributed by atoms with van der Waals surface area (Å²) in [4.78, 5) is 44.0. The second-order valence-electron chi connectivity index (χ2n) is 9.61. The first kappa shape index (κ1) is 23.0. The van der Waals surface area contributed by atoms with E-state index in [1.54, 1.807) is 18.2 Å². The number of hydrogen-bond acceptors (Lipinski definition) is 6. The van der Waals surface area contributed by atoms with Gasteiger partial charge in [-0.25, -0.2) is 0 Å². The summed E-state index contributed by atoms with van der Waals surface area (Å²) >= 11 is 0. The number of carbonyl (C=O) groups excluding carboxylic acids is 3. The smallest absolute Gasteiger partial charge is 0.238 e. The van der Waals surface area contributed by atoms with Gasteiger partial charge in [0.25, 0.3) is 0 Å². The highest BCUT2D eigenvalue weighted by Gasteiger charge is 2.69. The Morgan fingerprint density at radius 3 is 2.43 bits per heavy atom. The minimum Gasteiger partial charge on any atom is -0.493 e. The van der Waals surface area contributed by atoms with Gasteiger partial charge in [-0.1, -0.05) is 48.6 Å². The largest absolute Gasteiger partial charge is 0.493 e. The number of carbonyl (C=O) groups is 3. The van der Waals surface area contributed by atoms with E-state index in [0.717, 1.165) is 16.8 Å². The van der Waals surface area contributed by atoms with Crippen LogP contribution in [0.2, 0.25) is 0 Å². The van der Waals surface area contributed by atoms with Crippen molar-refractivity contribution in [2.24, 2.45) is 5.92 Å². The third-order valence-electron chi connectivity index (χ3n) is 7.91. The number of ketones is 2. The number of amides is 1. The first-order valence-corrected chi connectivity index (χ1v) is 12.2. The number of methoxy groups -OCH3 is 2. The minimum atomic E-state index is -1.30. The average Bonchev–Trinajstić information content (AvgIpc) is 3.40. The van der Waals surface area contributed by atoms with Gasteiger partial charge in [0.05, 0.1) is 32.2 Å². The van der Waals surface area contributed by atoms with Crippen molar-refractivity contribution in [2.45, 2.75) is 24.4 Å². The average molecular weight is 495 g/mol. The van der Waals surface area contributed by atoms with Crippen LogP contribution in [0.15, 0.2) is 72.8 Å². The quantitative estimate of drug-likeness (QED) is 0.534. The van der Waals surface area contributed by atoms with Crippen LogP contribution in [0.5, 0.6) is 11.5 Å². The molecule has 0 aliphatic carbocycles. The molecule has 3 aromatic carbocycles. The van der Waals surface area contributed by atoms with Crippen molar-refractivity contribution in [1.29, 1.82) is 0 Å². The van der Waals surface area contributed by atoms with E-state index in [-0.39, 0.29) is 17.5 Å². The number of Topliss-reactive ketones (excluding diaryl/α,β-unsaturated/α-hetero) is 2. The van der Waals surface area contributed by atoms with Crippen molar-refractivity contribution in [2.75, 3.05) is 24.4 Å². The topological polar surface area (TPSA) is 84.9 Å². The summed E-state index contributed by atoms with van der Waals surface area (Å²) in [6, 6.07) is 18.8. The number of rotatable bonds is 5. The molecule has 1 amide bonds. The molecule has 1 N–H and O–H groups in total. The second-order valence-corrected chi connectivity index (χ2v) is 9.61. The zero-order valence-corrected chi connectivity index (χ0v) is 20.7. The van der Waals surface area contributed by atoms with Gasteiger partial charge in [-0.3, -0.25) is 14.4 Å². The molecule has 6 rings (SSSR count). The summed E-state index contributed by atoms with van der Waals surface area (Å²) in [7, 11) is 3.03. The number of hydrogen-bond donors (Lipinski definition) is 1. The van der Waals surface area contributed by atoms with Crippen molar-refractivity contribution in [3.05, 3.63) is 89.5 Å². The highest BCUT2D eigenvalue weighted by molar-refractivity contribution is 6.16. The van der Waals surface area contributed by atoms with Crippen molar-refractivity contribution < 1.29 is 23.9 Å². The SMILES string of the molecule is COc1ccc(C(=O)[C@@H]2[C@H](C(C)=O)N3c4ccccc4C=C[C@H]3[C@@]23C(=O)Nc2ccccc23)cc1OC. The van der Waals surface area contributed by atoms with Gasteiger partial charge in [-0.2, -0.15) is 0 Å². The molecule has 1 saturated heterocycles. The highest BCUT2D eigenvalue weighted by atomic mass is 16.5. The molecule has 3 aromatic rings. The number of benzene rings is 3. The van der Waals surface area contributed by atoms with Gasteiger partial charge in [0, 0.05) is 16.9 Å². The molecule has 0 unspecified atom stereocenters. The summed E-state index contributed by atoms with van der Waals surface area (Å²) in [6.45, 7) is 1.50. The monoisotopic (exact) mass is 494 g/mol. The zero-order valence-electron chi connectivity index (χ0n) is 20.7. The van der Waals surface area contributed by atoms with Crippen molar-refractivity contribution >= 4 is 34.9 Å². The predicted octanol–water partition coefficient (Wildman–Crippen LogP) is 4.27. The Balaban J connectivity index is 1.63. The van der Waals surface area contributed by atoms with Crippen LogP contribution in [0.4, 0.5) is 11.4 Å². The molecule has 3 aliphatic rings. The maximum Gasteiger partial charge on any atom is 0.238 e. The van der Waals surface area contributed by atoms with Gasteiger partial charge in [0.1, 0.15) is 5.41 Å². The fraction of sp³-hybridized carbons (Fsp3) is 0.233. The molecule has 7 nitrogen and oxygen atoms in total. The molecular weight excluding hydrogens is 468 g/mol. The lowest BCUT2D eigenvalue weighted by molar-refractivity contribution is -0.122. The van der Waals surface area contributed by atoms with E-state index in [2.05, 4.69) is 5.32 Å². The van der Waals surface area contributed by atoms with Gasteiger partial charge in [0.15, 0.2) is 23.1 Å². The van der Waals surface area contributed by atoms with Crippen LogP contribution < -0.4 is 19.7 Å². The molecule has 0 radical (unpaired) electrons. The number of para-hydroxylation sites is 2. The van der Waals surface area contributed by atoms with Crippen LogP contribution >= 0.6 is 0 Å². The molecule has 1 fully saturated rings. The zero-order chi connectivity index (χ0) is 25.9. The predicted molar refractivity (Wildman–Crippen MR) is 140 cm³/mol. The fourth-order valence-corrected chi connectivity index (χ4v) is 6.44. The van der Waals surface area contributed by atoms with E-state index in [1.807, 2.05) is 65.6 Å². The number of fused-ring (bicyclic) bond motifs is 6. The Hall–Kier alpha value is -4.39. The maximum atomic E-state index is 14.5. The molecule has 0 saturated carbocycles. The number of ether oxygens (including phenoxy) is 2. The summed E-state index contributed by atoms with van der Waals surface area (Å²) < 4.78 is 10.8. The summed E-state index contributed by atoms with van der Waals surface area (Å²) in [5.74, 6) is -0.848. The van der Waals surface area contributed by atoms with E-state index in [0.29, 0.717) is 22.7 Å².